The quantitative estimate of drug-likeness (QED) is 0.902. The predicted octanol–water partition coefficient (Wildman–Crippen LogP) is 3.64. The molecule has 0 aliphatic heterocycles. The third kappa shape index (κ3) is 3.32. The van der Waals surface area contributed by atoms with E-state index in [2.05, 4.69) is 18.3 Å². The van der Waals surface area contributed by atoms with Gasteiger partial charge < -0.3 is 5.32 Å². The van der Waals surface area contributed by atoms with Crippen molar-refractivity contribution >= 4 is 28.8 Å². The molecule has 0 saturated carbocycles. The molecule has 0 aliphatic carbocycles. The van der Waals surface area contributed by atoms with Gasteiger partial charge in [-0.25, -0.2) is 0 Å². The third-order valence-electron chi connectivity index (χ3n) is 2.33. The smallest absolute Gasteiger partial charge is 0.251 e. The number of amides is 1. The van der Waals surface area contributed by atoms with Crippen molar-refractivity contribution in [2.75, 3.05) is 0 Å². The van der Waals surface area contributed by atoms with Gasteiger partial charge in [0.25, 0.3) is 5.91 Å². The van der Waals surface area contributed by atoms with Gasteiger partial charge in [0.05, 0.1) is 6.54 Å². The van der Waals surface area contributed by atoms with Crippen LogP contribution in [0, 0.1) is 6.92 Å². The fraction of sp³-hybridized carbons (Fsp3) is 0.154. The van der Waals surface area contributed by atoms with Gasteiger partial charge in [0.2, 0.25) is 0 Å². The van der Waals surface area contributed by atoms with Gasteiger partial charge in [-0.3, -0.25) is 4.79 Å². The van der Waals surface area contributed by atoms with E-state index in [0.29, 0.717) is 17.1 Å². The Kier molecular flexibility index (Phi) is 3.82. The van der Waals surface area contributed by atoms with Crippen LogP contribution in [0.5, 0.6) is 0 Å². The monoisotopic (exact) mass is 265 g/mol. The topological polar surface area (TPSA) is 29.1 Å². The lowest BCUT2D eigenvalue weighted by Crippen LogP contribution is -2.22. The number of carbonyl (C=O) groups is 1. The molecule has 1 aromatic heterocycles. The lowest BCUT2D eigenvalue weighted by atomic mass is 10.2. The number of halogens is 1. The van der Waals surface area contributed by atoms with Crippen LogP contribution in [-0.2, 0) is 6.54 Å². The molecule has 0 bridgehead atoms. The van der Waals surface area contributed by atoms with Crippen LogP contribution >= 0.6 is 22.9 Å². The third-order valence-corrected chi connectivity index (χ3v) is 3.58. The summed E-state index contributed by atoms with van der Waals surface area (Å²) in [6.45, 7) is 2.62. The van der Waals surface area contributed by atoms with Crippen molar-refractivity contribution in [3.63, 3.8) is 0 Å². The minimum absolute atomic E-state index is 0.0762. The van der Waals surface area contributed by atoms with Crippen molar-refractivity contribution in [2.24, 2.45) is 0 Å². The second kappa shape index (κ2) is 5.34. The van der Waals surface area contributed by atoms with E-state index in [0.717, 1.165) is 4.88 Å². The van der Waals surface area contributed by atoms with Crippen molar-refractivity contribution in [2.45, 2.75) is 13.5 Å². The van der Waals surface area contributed by atoms with Crippen LogP contribution in [0.3, 0.4) is 0 Å². The molecule has 0 radical (unpaired) electrons. The van der Waals surface area contributed by atoms with Crippen LogP contribution in [0.1, 0.15) is 20.1 Å². The summed E-state index contributed by atoms with van der Waals surface area (Å²) in [5.74, 6) is -0.0762. The number of aryl methyl sites for hydroxylation is 1. The summed E-state index contributed by atoms with van der Waals surface area (Å²) >= 11 is 7.45. The van der Waals surface area contributed by atoms with E-state index in [1.807, 2.05) is 6.07 Å². The molecule has 1 heterocycles. The van der Waals surface area contributed by atoms with Gasteiger partial charge in [-0.15, -0.1) is 11.3 Å². The molecule has 1 aromatic carbocycles. The SMILES string of the molecule is Cc1ccc(CNC(=O)c2ccc(Cl)cc2)s1. The van der Waals surface area contributed by atoms with E-state index in [-0.39, 0.29) is 5.91 Å². The Morgan fingerprint density at radius 1 is 1.24 bits per heavy atom. The van der Waals surface area contributed by atoms with E-state index in [4.69, 9.17) is 11.6 Å². The Bertz CT molecular complexity index is 518. The highest BCUT2D eigenvalue weighted by atomic mass is 35.5. The van der Waals surface area contributed by atoms with Crippen LogP contribution in [0.15, 0.2) is 36.4 Å². The minimum Gasteiger partial charge on any atom is -0.347 e. The van der Waals surface area contributed by atoms with Gasteiger partial charge in [-0.1, -0.05) is 11.6 Å². The molecule has 0 saturated heterocycles. The predicted molar refractivity (Wildman–Crippen MR) is 71.7 cm³/mol. The number of thiophene rings is 1. The van der Waals surface area contributed by atoms with Crippen LogP contribution in [0.2, 0.25) is 5.02 Å². The zero-order chi connectivity index (χ0) is 12.3. The van der Waals surface area contributed by atoms with Crippen molar-refractivity contribution in [3.05, 3.63) is 56.7 Å². The fourth-order valence-corrected chi connectivity index (χ4v) is 2.41. The van der Waals surface area contributed by atoms with Gasteiger partial charge in [-0.2, -0.15) is 0 Å². The normalized spacial score (nSPS) is 10.2. The van der Waals surface area contributed by atoms with E-state index in [9.17, 15) is 4.79 Å². The van der Waals surface area contributed by atoms with Gasteiger partial charge in [0.1, 0.15) is 0 Å². The second-order valence-electron chi connectivity index (χ2n) is 3.70. The molecule has 0 spiro atoms. The number of hydrogen-bond acceptors (Lipinski definition) is 2. The molecule has 4 heteroatoms. The number of benzene rings is 1. The molecule has 1 N–H and O–H groups in total. The molecule has 2 nitrogen and oxygen atoms in total. The summed E-state index contributed by atoms with van der Waals surface area (Å²) in [6, 6.07) is 10.9. The Labute approximate surface area is 109 Å². The Morgan fingerprint density at radius 3 is 2.53 bits per heavy atom. The van der Waals surface area contributed by atoms with Crippen molar-refractivity contribution in [3.8, 4) is 0 Å². The van der Waals surface area contributed by atoms with E-state index >= 15 is 0 Å². The Morgan fingerprint density at radius 2 is 1.94 bits per heavy atom. The molecule has 0 fully saturated rings. The lowest BCUT2D eigenvalue weighted by molar-refractivity contribution is 0.0951. The fourth-order valence-electron chi connectivity index (χ4n) is 1.45. The molecule has 0 unspecified atom stereocenters. The summed E-state index contributed by atoms with van der Waals surface area (Å²) in [7, 11) is 0. The summed E-state index contributed by atoms with van der Waals surface area (Å²) in [4.78, 5) is 14.2. The molecule has 0 aliphatic rings. The highest BCUT2D eigenvalue weighted by molar-refractivity contribution is 7.11. The van der Waals surface area contributed by atoms with Gasteiger partial charge in [0.15, 0.2) is 0 Å². The first-order chi connectivity index (χ1) is 8.15. The maximum absolute atomic E-state index is 11.8. The standard InChI is InChI=1S/C13H12ClNOS/c1-9-2-7-12(17-9)8-15-13(16)10-3-5-11(14)6-4-10/h2-7H,8H2,1H3,(H,15,16). The average molecular weight is 266 g/mol. The largest absolute Gasteiger partial charge is 0.347 e. The molecule has 2 aromatic rings. The van der Waals surface area contributed by atoms with Gasteiger partial charge in [0, 0.05) is 20.3 Å². The average Bonchev–Trinajstić information content (AvgIpc) is 2.73. The van der Waals surface area contributed by atoms with Crippen LogP contribution < -0.4 is 5.32 Å². The van der Waals surface area contributed by atoms with Crippen molar-refractivity contribution in [1.82, 2.24) is 5.32 Å². The number of carbonyl (C=O) groups excluding carboxylic acids is 1. The summed E-state index contributed by atoms with van der Waals surface area (Å²) in [5, 5.41) is 3.51. The highest BCUT2D eigenvalue weighted by Gasteiger charge is 2.05. The minimum atomic E-state index is -0.0762. The summed E-state index contributed by atoms with van der Waals surface area (Å²) in [5.41, 5.74) is 0.627. The first-order valence-electron chi connectivity index (χ1n) is 5.24. The highest BCUT2D eigenvalue weighted by Crippen LogP contribution is 2.15. The zero-order valence-electron chi connectivity index (χ0n) is 9.37. The number of nitrogens with one attached hydrogen (secondary N) is 1. The molecule has 88 valence electrons. The maximum Gasteiger partial charge on any atom is 0.251 e. The molecular weight excluding hydrogens is 254 g/mol. The number of hydrogen-bond donors (Lipinski definition) is 1. The van der Waals surface area contributed by atoms with E-state index < -0.39 is 0 Å². The maximum atomic E-state index is 11.8. The van der Waals surface area contributed by atoms with Crippen molar-refractivity contribution < 1.29 is 4.79 Å². The molecule has 1 amide bonds. The summed E-state index contributed by atoms with van der Waals surface area (Å²) in [6.07, 6.45) is 0. The Hall–Kier alpha value is -1.32. The van der Waals surface area contributed by atoms with Gasteiger partial charge >= 0.3 is 0 Å². The number of rotatable bonds is 3. The first kappa shape index (κ1) is 12.1. The van der Waals surface area contributed by atoms with Crippen LogP contribution in [0.25, 0.3) is 0 Å². The zero-order valence-corrected chi connectivity index (χ0v) is 10.9. The molecule has 0 atom stereocenters. The Balaban J connectivity index is 1.95. The van der Waals surface area contributed by atoms with E-state index in [1.54, 1.807) is 35.6 Å². The molecule has 2 rings (SSSR count). The first-order valence-corrected chi connectivity index (χ1v) is 6.43. The van der Waals surface area contributed by atoms with E-state index in [1.165, 1.54) is 4.88 Å². The van der Waals surface area contributed by atoms with Crippen LogP contribution in [-0.4, -0.2) is 5.91 Å². The summed E-state index contributed by atoms with van der Waals surface area (Å²) < 4.78 is 0. The molecule has 17 heavy (non-hydrogen) atoms. The van der Waals surface area contributed by atoms with Crippen LogP contribution in [0.4, 0.5) is 0 Å². The lowest BCUT2D eigenvalue weighted by Gasteiger charge is -2.03. The molecular formula is C13H12ClNOS. The van der Waals surface area contributed by atoms with Crippen molar-refractivity contribution in [1.29, 1.82) is 0 Å². The van der Waals surface area contributed by atoms with Gasteiger partial charge in [-0.05, 0) is 43.3 Å². The second-order valence-corrected chi connectivity index (χ2v) is 5.51.